The van der Waals surface area contributed by atoms with Crippen LogP contribution in [0.5, 0.6) is 0 Å². The van der Waals surface area contributed by atoms with Gasteiger partial charge in [0.2, 0.25) is 0 Å². The summed E-state index contributed by atoms with van der Waals surface area (Å²) in [4.78, 5) is 35.1. The standard InChI is InChI=1S/C32H35ClN6O3/c1-19-17-38(11-12-39(19)31(41)29-15-24(36-37-29)13-20-3-4-20)30(40)22-7-10-25-26(33)16-27(35-28(25)14-22)21-5-8-23(9-6-21)32(2,42)18-34/h5-10,14-16,19-20,24,42H,3-4,11-13,17-18,34H2,1-2H3. The fourth-order valence-corrected chi connectivity index (χ4v) is 5.93. The van der Waals surface area contributed by atoms with Gasteiger partial charge in [0.05, 0.1) is 27.9 Å². The van der Waals surface area contributed by atoms with E-state index in [4.69, 9.17) is 22.3 Å². The number of halogens is 1. The minimum absolute atomic E-state index is 0.0111. The Balaban J connectivity index is 1.16. The number of hydrogen-bond acceptors (Lipinski definition) is 7. The van der Waals surface area contributed by atoms with Gasteiger partial charge in [-0.1, -0.05) is 54.8 Å². The molecule has 3 heterocycles. The molecule has 3 aromatic rings. The zero-order valence-electron chi connectivity index (χ0n) is 23.8. The second-order valence-electron chi connectivity index (χ2n) is 11.9. The Morgan fingerprint density at radius 1 is 1.10 bits per heavy atom. The summed E-state index contributed by atoms with van der Waals surface area (Å²) < 4.78 is 0. The van der Waals surface area contributed by atoms with Crippen LogP contribution in [-0.4, -0.2) is 70.0 Å². The second kappa shape index (κ2) is 11.2. The molecule has 42 heavy (non-hydrogen) atoms. The van der Waals surface area contributed by atoms with Crippen molar-refractivity contribution in [3.05, 3.63) is 76.5 Å². The summed E-state index contributed by atoms with van der Waals surface area (Å²) in [6.07, 6.45) is 5.35. The predicted molar refractivity (Wildman–Crippen MR) is 162 cm³/mol. The van der Waals surface area contributed by atoms with Crippen LogP contribution in [0.3, 0.4) is 0 Å². The minimum Gasteiger partial charge on any atom is -0.384 e. The zero-order chi connectivity index (χ0) is 29.6. The highest BCUT2D eigenvalue weighted by Gasteiger charge is 2.34. The van der Waals surface area contributed by atoms with Crippen molar-refractivity contribution in [3.63, 3.8) is 0 Å². The topological polar surface area (TPSA) is 124 Å². The molecule has 2 aliphatic heterocycles. The molecule has 1 aromatic heterocycles. The Hall–Kier alpha value is -3.66. The van der Waals surface area contributed by atoms with E-state index in [0.717, 1.165) is 17.4 Å². The Labute approximate surface area is 250 Å². The zero-order valence-corrected chi connectivity index (χ0v) is 24.6. The fourth-order valence-electron chi connectivity index (χ4n) is 5.67. The maximum absolute atomic E-state index is 13.6. The number of carbonyl (C=O) groups is 2. The average molecular weight is 587 g/mol. The number of amides is 2. The van der Waals surface area contributed by atoms with E-state index >= 15 is 0 Å². The number of hydrogen-bond donors (Lipinski definition) is 2. The van der Waals surface area contributed by atoms with Gasteiger partial charge in [0.1, 0.15) is 5.70 Å². The number of rotatable bonds is 7. The van der Waals surface area contributed by atoms with Gasteiger partial charge in [0.15, 0.2) is 0 Å². The molecule has 0 radical (unpaired) electrons. The molecule has 0 spiro atoms. The first-order valence-corrected chi connectivity index (χ1v) is 14.9. The molecular weight excluding hydrogens is 552 g/mol. The summed E-state index contributed by atoms with van der Waals surface area (Å²) in [5.74, 6) is 0.484. The van der Waals surface area contributed by atoms with Crippen molar-refractivity contribution in [2.75, 3.05) is 26.2 Å². The normalized spacial score (nSPS) is 21.9. The lowest BCUT2D eigenvalue weighted by molar-refractivity contribution is -0.131. The summed E-state index contributed by atoms with van der Waals surface area (Å²) in [5.41, 5.74) is 8.33. The van der Waals surface area contributed by atoms with E-state index in [1.165, 1.54) is 12.8 Å². The third-order valence-electron chi connectivity index (χ3n) is 8.54. The highest BCUT2D eigenvalue weighted by molar-refractivity contribution is 6.35. The molecular formula is C32H35ClN6O3. The van der Waals surface area contributed by atoms with Crippen LogP contribution in [0.15, 0.2) is 70.5 Å². The Kier molecular flexibility index (Phi) is 7.59. The number of nitrogens with zero attached hydrogens (tertiary/aromatic N) is 5. The van der Waals surface area contributed by atoms with Crippen molar-refractivity contribution < 1.29 is 14.7 Å². The number of nitrogens with two attached hydrogens (primary N) is 1. The predicted octanol–water partition coefficient (Wildman–Crippen LogP) is 4.91. The highest BCUT2D eigenvalue weighted by Crippen LogP contribution is 2.36. The van der Waals surface area contributed by atoms with E-state index in [9.17, 15) is 14.7 Å². The number of benzene rings is 2. The molecule has 2 amide bonds. The maximum atomic E-state index is 13.6. The van der Waals surface area contributed by atoms with Crippen LogP contribution in [-0.2, 0) is 10.4 Å². The molecule has 3 aliphatic rings. The average Bonchev–Trinajstić information content (AvgIpc) is 3.69. The first-order chi connectivity index (χ1) is 20.1. The van der Waals surface area contributed by atoms with Crippen molar-refractivity contribution in [2.45, 2.75) is 50.8 Å². The summed E-state index contributed by atoms with van der Waals surface area (Å²) in [5, 5.41) is 20.2. The van der Waals surface area contributed by atoms with Crippen LogP contribution in [0, 0.1) is 5.92 Å². The largest absolute Gasteiger partial charge is 0.384 e. The number of fused-ring (bicyclic) bond motifs is 1. The van der Waals surface area contributed by atoms with E-state index in [1.807, 2.05) is 43.3 Å². The van der Waals surface area contributed by atoms with Gasteiger partial charge in [-0.25, -0.2) is 4.98 Å². The van der Waals surface area contributed by atoms with E-state index in [1.54, 1.807) is 34.9 Å². The van der Waals surface area contributed by atoms with Crippen molar-refractivity contribution in [2.24, 2.45) is 21.9 Å². The lowest BCUT2D eigenvalue weighted by Gasteiger charge is -2.39. The highest BCUT2D eigenvalue weighted by atomic mass is 35.5. The van der Waals surface area contributed by atoms with Gasteiger partial charge >= 0.3 is 0 Å². The molecule has 218 valence electrons. The molecule has 1 saturated carbocycles. The molecule has 3 atom stereocenters. The van der Waals surface area contributed by atoms with Gasteiger partial charge in [0, 0.05) is 48.7 Å². The first-order valence-electron chi connectivity index (χ1n) is 14.5. The van der Waals surface area contributed by atoms with Crippen molar-refractivity contribution >= 4 is 34.3 Å². The lowest BCUT2D eigenvalue weighted by atomic mass is 9.94. The molecule has 3 unspecified atom stereocenters. The first kappa shape index (κ1) is 28.5. The number of azo groups is 1. The summed E-state index contributed by atoms with van der Waals surface area (Å²) in [6, 6.07) is 14.4. The molecule has 2 fully saturated rings. The fraction of sp³-hybridized carbons (Fsp3) is 0.406. The van der Waals surface area contributed by atoms with E-state index in [2.05, 4.69) is 10.2 Å². The van der Waals surface area contributed by atoms with Gasteiger partial charge in [-0.15, -0.1) is 5.11 Å². The molecule has 1 aliphatic carbocycles. The second-order valence-corrected chi connectivity index (χ2v) is 12.3. The quantitative estimate of drug-likeness (QED) is 0.407. The van der Waals surface area contributed by atoms with Crippen molar-refractivity contribution in [1.82, 2.24) is 14.8 Å². The van der Waals surface area contributed by atoms with Gasteiger partial charge in [-0.05, 0) is 56.0 Å². The molecule has 6 rings (SSSR count). The van der Waals surface area contributed by atoms with Crippen LogP contribution in [0.4, 0.5) is 0 Å². The van der Waals surface area contributed by atoms with Crippen LogP contribution in [0.25, 0.3) is 22.2 Å². The minimum atomic E-state index is -1.12. The Bertz CT molecular complexity index is 1600. The molecule has 3 N–H and O–H groups in total. The van der Waals surface area contributed by atoms with E-state index < -0.39 is 5.60 Å². The number of aliphatic hydroxyl groups is 1. The van der Waals surface area contributed by atoms with Gasteiger partial charge < -0.3 is 20.6 Å². The van der Waals surface area contributed by atoms with Crippen LogP contribution < -0.4 is 5.73 Å². The Morgan fingerprint density at radius 3 is 2.55 bits per heavy atom. The van der Waals surface area contributed by atoms with Crippen LogP contribution >= 0.6 is 11.6 Å². The lowest BCUT2D eigenvalue weighted by Crippen LogP contribution is -2.55. The number of piperazine rings is 1. The van der Waals surface area contributed by atoms with E-state index in [-0.39, 0.29) is 30.4 Å². The SMILES string of the molecule is CC1CN(C(=O)c2ccc3c(Cl)cc(-c4ccc(C(C)(O)CN)cc4)nc3c2)CCN1C(=O)C1=CC(CC2CC2)N=N1. The van der Waals surface area contributed by atoms with Crippen LogP contribution in [0.2, 0.25) is 5.02 Å². The molecule has 2 aromatic carbocycles. The van der Waals surface area contributed by atoms with Crippen LogP contribution in [0.1, 0.15) is 49.0 Å². The van der Waals surface area contributed by atoms with Crippen molar-refractivity contribution in [3.8, 4) is 11.3 Å². The number of pyridine rings is 1. The Morgan fingerprint density at radius 2 is 1.86 bits per heavy atom. The maximum Gasteiger partial charge on any atom is 0.274 e. The van der Waals surface area contributed by atoms with E-state index in [0.29, 0.717) is 58.6 Å². The number of carbonyl (C=O) groups excluding carboxylic acids is 2. The smallest absolute Gasteiger partial charge is 0.274 e. The van der Waals surface area contributed by atoms with Gasteiger partial charge in [0.25, 0.3) is 11.8 Å². The monoisotopic (exact) mass is 586 g/mol. The van der Waals surface area contributed by atoms with Crippen molar-refractivity contribution in [1.29, 1.82) is 0 Å². The molecule has 0 bridgehead atoms. The summed E-state index contributed by atoms with van der Waals surface area (Å²) >= 11 is 6.63. The molecule has 10 heteroatoms. The third-order valence-corrected chi connectivity index (χ3v) is 8.85. The number of aromatic nitrogens is 1. The van der Waals surface area contributed by atoms with Gasteiger partial charge in [-0.2, -0.15) is 5.11 Å². The molecule has 9 nitrogen and oxygen atoms in total. The summed E-state index contributed by atoms with van der Waals surface area (Å²) in [7, 11) is 0. The van der Waals surface area contributed by atoms with Gasteiger partial charge in [-0.3, -0.25) is 9.59 Å². The summed E-state index contributed by atoms with van der Waals surface area (Å²) in [6.45, 7) is 5.02. The molecule has 1 saturated heterocycles. The third kappa shape index (κ3) is 5.69.